The molecule has 0 unspecified atom stereocenters. The van der Waals surface area contributed by atoms with Crippen LogP contribution in [0.3, 0.4) is 0 Å². The third kappa shape index (κ3) is 4.29. The topological polar surface area (TPSA) is 37.6 Å². The summed E-state index contributed by atoms with van der Waals surface area (Å²) in [6, 6.07) is 14.2. The first-order valence-corrected chi connectivity index (χ1v) is 9.77. The predicted octanol–water partition coefficient (Wildman–Crippen LogP) is 2.63. The molecule has 26 heavy (non-hydrogen) atoms. The summed E-state index contributed by atoms with van der Waals surface area (Å²) in [5.41, 5.74) is 4.50. The van der Waals surface area contributed by atoms with E-state index in [1.165, 1.54) is 16.0 Å². The van der Waals surface area contributed by atoms with Gasteiger partial charge in [0.25, 0.3) is 0 Å². The molecule has 1 amide bonds. The lowest BCUT2D eigenvalue weighted by atomic mass is 10.1. The summed E-state index contributed by atoms with van der Waals surface area (Å²) in [5.74, 6) is 0.102. The highest BCUT2D eigenvalue weighted by Crippen LogP contribution is 2.31. The third-order valence-corrected chi connectivity index (χ3v) is 5.60. The Bertz CT molecular complexity index is 863. The summed E-state index contributed by atoms with van der Waals surface area (Å²) in [5, 5.41) is 0.798. The molecule has 0 saturated heterocycles. The van der Waals surface area contributed by atoms with Crippen molar-refractivity contribution >= 4 is 32.6 Å². The minimum atomic E-state index is 0.102. The second-order valence-corrected chi connectivity index (χ2v) is 8.07. The van der Waals surface area contributed by atoms with Gasteiger partial charge in [-0.3, -0.25) is 9.69 Å². The highest BCUT2D eigenvalue weighted by Gasteiger charge is 2.21. The quantitative estimate of drug-likeness (QED) is 0.726. The number of carbonyl (C=O) groups excluding carboxylic acids is 1. The highest BCUT2D eigenvalue weighted by molar-refractivity contribution is 7.22. The van der Waals surface area contributed by atoms with Gasteiger partial charge in [0.2, 0.25) is 5.91 Å². The zero-order valence-electron chi connectivity index (χ0n) is 15.9. The van der Waals surface area contributed by atoms with Crippen molar-refractivity contribution in [2.24, 2.45) is 0 Å². The van der Waals surface area contributed by atoms with Crippen molar-refractivity contribution in [1.29, 1.82) is 0 Å². The van der Waals surface area contributed by atoms with Crippen molar-refractivity contribution in [3.05, 3.63) is 59.2 Å². The van der Waals surface area contributed by atoms with E-state index in [2.05, 4.69) is 40.1 Å². The Morgan fingerprint density at radius 1 is 1.12 bits per heavy atom. The van der Waals surface area contributed by atoms with Crippen LogP contribution in [0.5, 0.6) is 0 Å². The summed E-state index contributed by atoms with van der Waals surface area (Å²) in [7, 11) is 4.20. The number of hydrogen-bond donors (Lipinski definition) is 1. The lowest BCUT2D eigenvalue weighted by molar-refractivity contribution is -0.856. The molecular formula is C21H26N3OS+. The van der Waals surface area contributed by atoms with E-state index in [0.29, 0.717) is 13.0 Å². The summed E-state index contributed by atoms with van der Waals surface area (Å²) < 4.78 is 1.14. The minimum Gasteiger partial charge on any atom is -0.338 e. The smallest absolute Gasteiger partial charge is 0.233 e. The fraction of sp³-hybridized carbons (Fsp3) is 0.333. The Labute approximate surface area is 159 Å². The van der Waals surface area contributed by atoms with Gasteiger partial charge in [-0.15, -0.1) is 0 Å². The van der Waals surface area contributed by atoms with Crippen molar-refractivity contribution in [2.45, 2.75) is 20.3 Å². The molecule has 1 N–H and O–H groups in total. The molecule has 3 rings (SSSR count). The van der Waals surface area contributed by atoms with E-state index >= 15 is 0 Å². The molecule has 0 aliphatic heterocycles. The highest BCUT2D eigenvalue weighted by atomic mass is 32.1. The lowest BCUT2D eigenvalue weighted by Crippen LogP contribution is -3.06. The molecule has 5 heteroatoms. The Hall–Kier alpha value is -2.24. The second-order valence-electron chi connectivity index (χ2n) is 7.07. The number of anilines is 1. The number of hydrogen-bond acceptors (Lipinski definition) is 3. The number of quaternary nitrogens is 1. The van der Waals surface area contributed by atoms with Gasteiger partial charge in [-0.25, -0.2) is 4.98 Å². The van der Waals surface area contributed by atoms with Crippen LogP contribution in [0.2, 0.25) is 0 Å². The molecule has 2 aromatic carbocycles. The van der Waals surface area contributed by atoms with Gasteiger partial charge in [-0.2, -0.15) is 0 Å². The SMILES string of the molecule is Cc1cc2nc(N(CC[NH+](C)C)C(=O)Cc3ccccc3)sc2cc1C. The van der Waals surface area contributed by atoms with Crippen LogP contribution in [-0.4, -0.2) is 38.1 Å². The Balaban J connectivity index is 1.91. The number of amides is 1. The number of aromatic nitrogens is 1. The fourth-order valence-corrected chi connectivity index (χ4v) is 3.90. The van der Waals surface area contributed by atoms with E-state index in [-0.39, 0.29) is 5.91 Å². The average molecular weight is 369 g/mol. The first kappa shape index (κ1) is 18.5. The summed E-state index contributed by atoms with van der Waals surface area (Å²) >= 11 is 1.60. The Morgan fingerprint density at radius 2 is 1.81 bits per heavy atom. The molecule has 0 radical (unpaired) electrons. The normalized spacial score (nSPS) is 11.3. The molecule has 0 saturated carbocycles. The number of benzene rings is 2. The van der Waals surface area contributed by atoms with E-state index < -0.39 is 0 Å². The van der Waals surface area contributed by atoms with Crippen LogP contribution in [0.4, 0.5) is 5.13 Å². The summed E-state index contributed by atoms with van der Waals surface area (Å²) in [6.07, 6.45) is 0.400. The molecular weight excluding hydrogens is 342 g/mol. The molecule has 0 aliphatic rings. The van der Waals surface area contributed by atoms with Crippen molar-refractivity contribution in [3.63, 3.8) is 0 Å². The van der Waals surface area contributed by atoms with E-state index in [1.807, 2.05) is 35.2 Å². The summed E-state index contributed by atoms with van der Waals surface area (Å²) in [4.78, 5) is 21.0. The van der Waals surface area contributed by atoms with Gasteiger partial charge < -0.3 is 4.90 Å². The standard InChI is InChI=1S/C21H25N3OS/c1-15-12-18-19(13-16(15)2)26-21(22-18)24(11-10-23(3)4)20(25)14-17-8-6-5-7-9-17/h5-9,12-13H,10-11,14H2,1-4H3/p+1. The second kappa shape index (κ2) is 7.98. The number of thiazole rings is 1. The van der Waals surface area contributed by atoms with Crippen LogP contribution in [0.1, 0.15) is 16.7 Å². The van der Waals surface area contributed by atoms with E-state index in [1.54, 1.807) is 11.3 Å². The van der Waals surface area contributed by atoms with E-state index in [9.17, 15) is 4.79 Å². The number of rotatable bonds is 6. The zero-order chi connectivity index (χ0) is 18.7. The van der Waals surface area contributed by atoms with Gasteiger partial charge in [-0.05, 0) is 42.7 Å². The number of nitrogens with one attached hydrogen (secondary N) is 1. The van der Waals surface area contributed by atoms with Crippen molar-refractivity contribution < 1.29 is 9.69 Å². The third-order valence-electron chi connectivity index (χ3n) is 4.56. The zero-order valence-corrected chi connectivity index (χ0v) is 16.7. The number of fused-ring (bicyclic) bond motifs is 1. The molecule has 0 atom stereocenters. The fourth-order valence-electron chi connectivity index (χ4n) is 2.81. The van der Waals surface area contributed by atoms with Crippen molar-refractivity contribution in [3.8, 4) is 0 Å². The molecule has 0 bridgehead atoms. The first-order valence-electron chi connectivity index (χ1n) is 8.95. The number of nitrogens with zero attached hydrogens (tertiary/aromatic N) is 2. The number of aryl methyl sites for hydroxylation is 2. The summed E-state index contributed by atoms with van der Waals surface area (Å²) in [6.45, 7) is 5.77. The minimum absolute atomic E-state index is 0.102. The van der Waals surface area contributed by atoms with Gasteiger partial charge in [0.15, 0.2) is 5.13 Å². The molecule has 0 aliphatic carbocycles. The van der Waals surface area contributed by atoms with Gasteiger partial charge in [0.05, 0.1) is 43.8 Å². The van der Waals surface area contributed by atoms with Gasteiger partial charge in [-0.1, -0.05) is 41.7 Å². The van der Waals surface area contributed by atoms with Gasteiger partial charge in [0.1, 0.15) is 0 Å². The van der Waals surface area contributed by atoms with Crippen molar-refractivity contribution in [1.82, 2.24) is 4.98 Å². The number of carbonyl (C=O) groups is 1. The molecule has 3 aromatic rings. The molecule has 0 fully saturated rings. The molecule has 4 nitrogen and oxygen atoms in total. The van der Waals surface area contributed by atoms with Crippen molar-refractivity contribution in [2.75, 3.05) is 32.1 Å². The lowest BCUT2D eigenvalue weighted by Gasteiger charge is -2.20. The monoisotopic (exact) mass is 368 g/mol. The van der Waals surface area contributed by atoms with Crippen LogP contribution >= 0.6 is 11.3 Å². The van der Waals surface area contributed by atoms with Crippen LogP contribution in [-0.2, 0) is 11.2 Å². The van der Waals surface area contributed by atoms with E-state index in [4.69, 9.17) is 4.98 Å². The van der Waals surface area contributed by atoms with Crippen LogP contribution in [0.15, 0.2) is 42.5 Å². The predicted molar refractivity (Wildman–Crippen MR) is 109 cm³/mol. The van der Waals surface area contributed by atoms with Crippen LogP contribution < -0.4 is 9.80 Å². The maximum absolute atomic E-state index is 13.0. The molecule has 1 heterocycles. The number of likely N-dealkylation sites (N-methyl/N-ethyl adjacent to an activating group) is 1. The van der Waals surface area contributed by atoms with Gasteiger partial charge >= 0.3 is 0 Å². The molecule has 136 valence electrons. The maximum Gasteiger partial charge on any atom is 0.233 e. The Kier molecular flexibility index (Phi) is 5.69. The first-order chi connectivity index (χ1) is 12.4. The average Bonchev–Trinajstić information content (AvgIpc) is 2.98. The molecule has 1 aromatic heterocycles. The van der Waals surface area contributed by atoms with Crippen LogP contribution in [0, 0.1) is 13.8 Å². The largest absolute Gasteiger partial charge is 0.338 e. The Morgan fingerprint density at radius 3 is 2.50 bits per heavy atom. The maximum atomic E-state index is 13.0. The van der Waals surface area contributed by atoms with Crippen LogP contribution in [0.25, 0.3) is 10.2 Å². The van der Waals surface area contributed by atoms with Gasteiger partial charge in [0, 0.05) is 0 Å². The van der Waals surface area contributed by atoms with E-state index in [0.717, 1.165) is 27.5 Å². The molecule has 0 spiro atoms.